The van der Waals surface area contributed by atoms with Crippen molar-refractivity contribution in [1.82, 2.24) is 5.32 Å². The molecule has 0 saturated heterocycles. The van der Waals surface area contributed by atoms with Crippen LogP contribution in [0.15, 0.2) is 12.4 Å². The fourth-order valence-corrected chi connectivity index (χ4v) is 0.745. The first-order valence-corrected chi connectivity index (χ1v) is 5.17. The van der Waals surface area contributed by atoms with E-state index in [0.717, 1.165) is 0 Å². The molecule has 4 nitrogen and oxygen atoms in total. The Morgan fingerprint density at radius 3 is 2.21 bits per heavy atom. The van der Waals surface area contributed by atoms with Crippen LogP contribution in [-0.4, -0.2) is 32.4 Å². The van der Waals surface area contributed by atoms with Crippen LogP contribution in [0.1, 0.15) is 0 Å². The summed E-state index contributed by atoms with van der Waals surface area (Å²) < 4.78 is 58.0. The number of alkyl halides is 2. The molecule has 0 aliphatic rings. The Balaban J connectivity index is 4.42. The molecule has 0 atom stereocenters. The van der Waals surface area contributed by atoms with E-state index in [2.05, 4.69) is 6.58 Å². The minimum absolute atomic E-state index is 0.309. The van der Waals surface area contributed by atoms with Crippen molar-refractivity contribution >= 4 is 15.7 Å². The average molecular weight is 231 g/mol. The molecule has 0 rings (SSSR count). The average Bonchev–Trinajstić information content (AvgIpc) is 1.97. The summed E-state index contributed by atoms with van der Waals surface area (Å²) in [6.07, 6.45) is 0.309. The summed E-state index contributed by atoms with van der Waals surface area (Å²) in [6.45, 7) is 1.07. The molecular weight excluding hydrogens is 223 g/mol. The Labute approximate surface area is 78.7 Å². The number of amides is 1. The summed E-state index contributed by atoms with van der Waals surface area (Å²) in [6, 6.07) is 0. The van der Waals surface area contributed by atoms with Crippen LogP contribution < -0.4 is 5.32 Å². The molecule has 0 unspecified atom stereocenters. The standard InChI is InChI=1S/C6H8F3NO3S/c1-4(7)5(11)10-3-6(8,9)14(2,12)13/h1,3H2,2H3,(H,10,11). The van der Waals surface area contributed by atoms with Gasteiger partial charge in [-0.15, -0.1) is 0 Å². The van der Waals surface area contributed by atoms with Gasteiger partial charge in [-0.25, -0.2) is 12.8 Å². The van der Waals surface area contributed by atoms with E-state index in [9.17, 15) is 26.4 Å². The molecule has 1 N–H and O–H groups in total. The molecule has 82 valence electrons. The molecule has 0 aromatic rings. The first kappa shape index (κ1) is 12.9. The van der Waals surface area contributed by atoms with Crippen LogP contribution in [0.2, 0.25) is 0 Å². The van der Waals surface area contributed by atoms with Gasteiger partial charge >= 0.3 is 5.25 Å². The summed E-state index contributed by atoms with van der Waals surface area (Å²) in [4.78, 5) is 10.4. The number of sulfone groups is 1. The zero-order chi connectivity index (χ0) is 11.6. The van der Waals surface area contributed by atoms with Gasteiger partial charge < -0.3 is 5.32 Å². The molecule has 14 heavy (non-hydrogen) atoms. The Bertz CT molecular complexity index is 349. The molecular formula is C6H8F3NO3S. The van der Waals surface area contributed by atoms with Crippen molar-refractivity contribution < 1.29 is 26.4 Å². The van der Waals surface area contributed by atoms with Crippen molar-refractivity contribution in [3.05, 3.63) is 12.4 Å². The predicted octanol–water partition coefficient (Wildman–Crippen LogP) is 0.223. The van der Waals surface area contributed by atoms with Gasteiger partial charge in [0.15, 0.2) is 5.83 Å². The van der Waals surface area contributed by atoms with E-state index in [1.807, 2.05) is 0 Å². The molecule has 8 heteroatoms. The fourth-order valence-electron chi connectivity index (χ4n) is 0.410. The zero-order valence-corrected chi connectivity index (χ0v) is 8.00. The minimum Gasteiger partial charge on any atom is -0.343 e. The zero-order valence-electron chi connectivity index (χ0n) is 7.18. The Morgan fingerprint density at radius 1 is 1.50 bits per heavy atom. The highest BCUT2D eigenvalue weighted by atomic mass is 32.2. The van der Waals surface area contributed by atoms with Crippen molar-refractivity contribution in [2.75, 3.05) is 12.8 Å². The normalized spacial score (nSPS) is 12.3. The molecule has 0 aliphatic heterocycles. The number of carbonyl (C=O) groups excluding carboxylic acids is 1. The lowest BCUT2D eigenvalue weighted by molar-refractivity contribution is -0.119. The summed E-state index contributed by atoms with van der Waals surface area (Å²) in [5, 5.41) is -2.73. The molecule has 0 bridgehead atoms. The largest absolute Gasteiger partial charge is 0.362 e. The van der Waals surface area contributed by atoms with Crippen LogP contribution >= 0.6 is 0 Å². The highest BCUT2D eigenvalue weighted by molar-refractivity contribution is 7.91. The van der Waals surface area contributed by atoms with E-state index in [4.69, 9.17) is 0 Å². The van der Waals surface area contributed by atoms with Gasteiger partial charge in [0.1, 0.15) is 0 Å². The van der Waals surface area contributed by atoms with Gasteiger partial charge in [-0.1, -0.05) is 6.58 Å². The molecule has 0 aromatic heterocycles. The lowest BCUT2D eigenvalue weighted by Crippen LogP contribution is -2.41. The number of nitrogens with one attached hydrogen (secondary N) is 1. The van der Waals surface area contributed by atoms with Crippen LogP contribution in [-0.2, 0) is 14.6 Å². The minimum atomic E-state index is -4.62. The highest BCUT2D eigenvalue weighted by Gasteiger charge is 2.41. The second kappa shape index (κ2) is 3.99. The Kier molecular flexibility index (Phi) is 3.69. The van der Waals surface area contributed by atoms with Gasteiger partial charge in [0.25, 0.3) is 5.91 Å². The maximum absolute atomic E-state index is 12.6. The van der Waals surface area contributed by atoms with E-state index in [0.29, 0.717) is 6.26 Å². The number of rotatable bonds is 4. The second-order valence-corrected chi connectivity index (χ2v) is 4.64. The van der Waals surface area contributed by atoms with E-state index >= 15 is 0 Å². The Morgan fingerprint density at radius 2 is 1.93 bits per heavy atom. The third kappa shape index (κ3) is 3.36. The summed E-state index contributed by atoms with van der Waals surface area (Å²) in [5.74, 6) is -2.93. The molecule has 0 aromatic carbocycles. The van der Waals surface area contributed by atoms with E-state index in [1.165, 1.54) is 5.32 Å². The monoisotopic (exact) mass is 231 g/mol. The molecule has 0 saturated carbocycles. The SMILES string of the molecule is C=C(F)C(=O)NCC(F)(F)S(C)(=O)=O. The third-order valence-electron chi connectivity index (χ3n) is 1.24. The summed E-state index contributed by atoms with van der Waals surface area (Å²) >= 11 is 0. The fraction of sp³-hybridized carbons (Fsp3) is 0.500. The van der Waals surface area contributed by atoms with Crippen LogP contribution in [0, 0.1) is 0 Å². The molecule has 0 aliphatic carbocycles. The van der Waals surface area contributed by atoms with Gasteiger partial charge in [0, 0.05) is 6.26 Å². The van der Waals surface area contributed by atoms with Crippen molar-refractivity contribution in [3.8, 4) is 0 Å². The molecule has 0 fully saturated rings. The van der Waals surface area contributed by atoms with Crippen molar-refractivity contribution in [2.45, 2.75) is 5.25 Å². The first-order chi connectivity index (χ1) is 6.08. The van der Waals surface area contributed by atoms with Crippen molar-refractivity contribution in [2.24, 2.45) is 0 Å². The van der Waals surface area contributed by atoms with E-state index in [1.54, 1.807) is 0 Å². The number of hydrogen-bond donors (Lipinski definition) is 1. The second-order valence-electron chi connectivity index (χ2n) is 2.50. The third-order valence-corrected chi connectivity index (χ3v) is 2.47. The van der Waals surface area contributed by atoms with E-state index < -0.39 is 33.4 Å². The quantitative estimate of drug-likeness (QED) is 0.704. The molecule has 0 spiro atoms. The van der Waals surface area contributed by atoms with Crippen molar-refractivity contribution in [1.29, 1.82) is 0 Å². The molecule has 0 heterocycles. The lowest BCUT2D eigenvalue weighted by atomic mass is 10.5. The van der Waals surface area contributed by atoms with Crippen LogP contribution in [0.25, 0.3) is 0 Å². The maximum atomic E-state index is 12.6. The van der Waals surface area contributed by atoms with Crippen LogP contribution in [0.5, 0.6) is 0 Å². The van der Waals surface area contributed by atoms with Crippen LogP contribution in [0.4, 0.5) is 13.2 Å². The first-order valence-electron chi connectivity index (χ1n) is 3.28. The van der Waals surface area contributed by atoms with Gasteiger partial charge in [-0.3, -0.25) is 4.79 Å². The number of carbonyl (C=O) groups is 1. The number of halogens is 3. The molecule has 0 radical (unpaired) electrons. The Hall–Kier alpha value is -1.05. The van der Waals surface area contributed by atoms with Gasteiger partial charge in [0.2, 0.25) is 9.84 Å². The van der Waals surface area contributed by atoms with Crippen LogP contribution in [0.3, 0.4) is 0 Å². The van der Waals surface area contributed by atoms with E-state index in [-0.39, 0.29) is 0 Å². The van der Waals surface area contributed by atoms with Gasteiger partial charge in [-0.05, 0) is 0 Å². The highest BCUT2D eigenvalue weighted by Crippen LogP contribution is 2.19. The maximum Gasteiger partial charge on any atom is 0.362 e. The summed E-state index contributed by atoms with van der Waals surface area (Å²) in [7, 11) is -4.62. The smallest absolute Gasteiger partial charge is 0.343 e. The van der Waals surface area contributed by atoms with Gasteiger partial charge in [-0.2, -0.15) is 8.78 Å². The van der Waals surface area contributed by atoms with Gasteiger partial charge in [0.05, 0.1) is 6.54 Å². The lowest BCUT2D eigenvalue weighted by Gasteiger charge is -2.14. The number of hydrogen-bond acceptors (Lipinski definition) is 3. The molecule has 1 amide bonds. The summed E-state index contributed by atoms with van der Waals surface area (Å²) in [5.41, 5.74) is 0. The predicted molar refractivity (Wildman–Crippen MR) is 43.0 cm³/mol. The topological polar surface area (TPSA) is 63.2 Å². The van der Waals surface area contributed by atoms with Crippen molar-refractivity contribution in [3.63, 3.8) is 0 Å².